The highest BCUT2D eigenvalue weighted by Crippen LogP contribution is 2.16. The van der Waals surface area contributed by atoms with Gasteiger partial charge in [-0.2, -0.15) is 0 Å². The lowest BCUT2D eigenvalue weighted by Gasteiger charge is -2.16. The average Bonchev–Trinajstić information content (AvgIpc) is 2.28. The van der Waals surface area contributed by atoms with E-state index in [9.17, 15) is 4.79 Å². The van der Waals surface area contributed by atoms with Crippen molar-refractivity contribution in [1.82, 2.24) is 5.32 Å². The van der Waals surface area contributed by atoms with Gasteiger partial charge in [-0.3, -0.25) is 4.79 Å². The van der Waals surface area contributed by atoms with Crippen LogP contribution in [0.15, 0.2) is 24.3 Å². The van der Waals surface area contributed by atoms with Crippen molar-refractivity contribution in [3.8, 4) is 0 Å². The van der Waals surface area contributed by atoms with Gasteiger partial charge in [-0.15, -0.1) is 0 Å². The molecule has 2 atom stereocenters. The summed E-state index contributed by atoms with van der Waals surface area (Å²) in [5, 5.41) is 2.99. The molecule has 3 heteroatoms. The largest absolute Gasteiger partial charge is 0.399 e. The lowest BCUT2D eigenvalue weighted by molar-refractivity contribution is -0.122. The molecule has 0 fully saturated rings. The highest BCUT2D eigenvalue weighted by atomic mass is 16.1. The number of nitrogen functional groups attached to an aromatic ring is 1. The van der Waals surface area contributed by atoms with Crippen molar-refractivity contribution in [2.24, 2.45) is 5.92 Å². The maximum Gasteiger partial charge on any atom is 0.220 e. The first kappa shape index (κ1) is 13.6. The van der Waals surface area contributed by atoms with Crippen LogP contribution in [0.5, 0.6) is 0 Å². The van der Waals surface area contributed by atoms with Crippen molar-refractivity contribution < 1.29 is 4.79 Å². The predicted molar refractivity (Wildman–Crippen MR) is 71.5 cm³/mol. The molecule has 0 spiro atoms. The number of hydrogen-bond donors (Lipinski definition) is 2. The van der Waals surface area contributed by atoms with Crippen LogP contribution in [0.1, 0.15) is 45.2 Å². The Morgan fingerprint density at radius 2 is 2.12 bits per heavy atom. The Morgan fingerprint density at radius 1 is 1.41 bits per heavy atom. The first-order valence-corrected chi connectivity index (χ1v) is 6.17. The van der Waals surface area contributed by atoms with Gasteiger partial charge in [0, 0.05) is 12.1 Å². The first-order chi connectivity index (χ1) is 8.02. The normalized spacial score (nSPS) is 14.1. The molecule has 1 aromatic carbocycles. The van der Waals surface area contributed by atoms with Gasteiger partial charge in [-0.1, -0.05) is 32.4 Å². The van der Waals surface area contributed by atoms with Crippen LogP contribution >= 0.6 is 0 Å². The number of nitrogens with one attached hydrogen (secondary N) is 1. The molecule has 1 rings (SSSR count). The Labute approximate surface area is 103 Å². The zero-order chi connectivity index (χ0) is 12.8. The van der Waals surface area contributed by atoms with Gasteiger partial charge in [0.25, 0.3) is 0 Å². The summed E-state index contributed by atoms with van der Waals surface area (Å²) >= 11 is 0. The molecule has 2 unspecified atom stereocenters. The molecule has 17 heavy (non-hydrogen) atoms. The summed E-state index contributed by atoms with van der Waals surface area (Å²) < 4.78 is 0. The van der Waals surface area contributed by atoms with E-state index >= 15 is 0 Å². The SMILES string of the molecule is CCC(C)CC(=O)NC(C)c1cccc(N)c1. The molecule has 0 radical (unpaired) electrons. The molecule has 3 N–H and O–H groups in total. The lowest BCUT2D eigenvalue weighted by Crippen LogP contribution is -2.27. The van der Waals surface area contributed by atoms with E-state index in [-0.39, 0.29) is 11.9 Å². The van der Waals surface area contributed by atoms with Crippen LogP contribution in [0.4, 0.5) is 5.69 Å². The summed E-state index contributed by atoms with van der Waals surface area (Å²) in [6.07, 6.45) is 1.61. The molecule has 0 aliphatic heterocycles. The minimum atomic E-state index is 0.00931. The number of anilines is 1. The number of amides is 1. The van der Waals surface area contributed by atoms with Crippen LogP contribution in [-0.4, -0.2) is 5.91 Å². The summed E-state index contributed by atoms with van der Waals surface area (Å²) in [5.74, 6) is 0.539. The molecular weight excluding hydrogens is 212 g/mol. The number of rotatable bonds is 5. The van der Waals surface area contributed by atoms with Crippen LogP contribution in [0.2, 0.25) is 0 Å². The van der Waals surface area contributed by atoms with E-state index < -0.39 is 0 Å². The van der Waals surface area contributed by atoms with Gasteiger partial charge in [0.05, 0.1) is 6.04 Å². The van der Waals surface area contributed by atoms with Crippen molar-refractivity contribution in [3.05, 3.63) is 29.8 Å². The maximum absolute atomic E-state index is 11.7. The van der Waals surface area contributed by atoms with Gasteiger partial charge in [-0.25, -0.2) is 0 Å². The van der Waals surface area contributed by atoms with E-state index in [2.05, 4.69) is 19.2 Å². The Bertz CT molecular complexity index is 376. The van der Waals surface area contributed by atoms with Gasteiger partial charge >= 0.3 is 0 Å². The van der Waals surface area contributed by atoms with Gasteiger partial charge < -0.3 is 11.1 Å². The van der Waals surface area contributed by atoms with Crippen LogP contribution in [0, 0.1) is 5.92 Å². The van der Waals surface area contributed by atoms with Crippen molar-refractivity contribution >= 4 is 11.6 Å². The predicted octanol–water partition coefficient (Wildman–Crippen LogP) is 2.88. The summed E-state index contributed by atoms with van der Waals surface area (Å²) in [6, 6.07) is 7.63. The Morgan fingerprint density at radius 3 is 2.71 bits per heavy atom. The minimum absolute atomic E-state index is 0.00931. The zero-order valence-electron chi connectivity index (χ0n) is 10.9. The zero-order valence-corrected chi connectivity index (χ0v) is 10.9. The summed E-state index contributed by atoms with van der Waals surface area (Å²) in [4.78, 5) is 11.7. The monoisotopic (exact) mass is 234 g/mol. The van der Waals surface area contributed by atoms with E-state index in [1.54, 1.807) is 0 Å². The fourth-order valence-corrected chi connectivity index (χ4v) is 1.67. The third-order valence-electron chi connectivity index (χ3n) is 3.02. The third kappa shape index (κ3) is 4.47. The number of benzene rings is 1. The molecule has 0 aliphatic carbocycles. The van der Waals surface area contributed by atoms with Crippen molar-refractivity contribution in [3.63, 3.8) is 0 Å². The quantitative estimate of drug-likeness (QED) is 0.770. The molecule has 3 nitrogen and oxygen atoms in total. The van der Waals surface area contributed by atoms with E-state index in [0.717, 1.165) is 17.7 Å². The first-order valence-electron chi connectivity index (χ1n) is 6.17. The van der Waals surface area contributed by atoms with E-state index in [4.69, 9.17) is 5.73 Å². The second kappa shape index (κ2) is 6.28. The Kier molecular flexibility index (Phi) is 5.01. The Hall–Kier alpha value is -1.51. The molecule has 1 amide bonds. The number of nitrogens with two attached hydrogens (primary N) is 1. The summed E-state index contributed by atoms with van der Waals surface area (Å²) in [7, 11) is 0. The fraction of sp³-hybridized carbons (Fsp3) is 0.500. The van der Waals surface area contributed by atoms with Crippen molar-refractivity contribution in [2.75, 3.05) is 5.73 Å². The van der Waals surface area contributed by atoms with Crippen LogP contribution in [0.25, 0.3) is 0 Å². The lowest BCUT2D eigenvalue weighted by atomic mass is 10.0. The number of carbonyl (C=O) groups is 1. The number of carbonyl (C=O) groups excluding carboxylic acids is 1. The van der Waals surface area contributed by atoms with Gasteiger partial charge in [0.1, 0.15) is 0 Å². The molecule has 1 aromatic rings. The molecular formula is C14H22N2O. The van der Waals surface area contributed by atoms with Gasteiger partial charge in [0.2, 0.25) is 5.91 Å². The Balaban J connectivity index is 2.54. The van der Waals surface area contributed by atoms with Crippen LogP contribution in [0.3, 0.4) is 0 Å². The maximum atomic E-state index is 11.7. The molecule has 0 aliphatic rings. The molecule has 0 saturated heterocycles. The molecule has 0 bridgehead atoms. The average molecular weight is 234 g/mol. The van der Waals surface area contributed by atoms with E-state index in [1.807, 2.05) is 31.2 Å². The summed E-state index contributed by atoms with van der Waals surface area (Å²) in [5.41, 5.74) is 7.49. The smallest absolute Gasteiger partial charge is 0.220 e. The third-order valence-corrected chi connectivity index (χ3v) is 3.02. The summed E-state index contributed by atoms with van der Waals surface area (Å²) in [6.45, 7) is 6.16. The minimum Gasteiger partial charge on any atom is -0.399 e. The highest BCUT2D eigenvalue weighted by Gasteiger charge is 2.11. The fourth-order valence-electron chi connectivity index (χ4n) is 1.67. The van der Waals surface area contributed by atoms with E-state index in [0.29, 0.717) is 12.3 Å². The molecule has 94 valence electrons. The van der Waals surface area contributed by atoms with Crippen molar-refractivity contribution in [1.29, 1.82) is 0 Å². The van der Waals surface area contributed by atoms with Crippen molar-refractivity contribution in [2.45, 2.75) is 39.7 Å². The number of hydrogen-bond acceptors (Lipinski definition) is 2. The molecule has 0 saturated carbocycles. The standard InChI is InChI=1S/C14H22N2O/c1-4-10(2)8-14(17)16-11(3)12-6-5-7-13(15)9-12/h5-7,9-11H,4,8,15H2,1-3H3,(H,16,17). The van der Waals surface area contributed by atoms with Gasteiger partial charge in [-0.05, 0) is 30.5 Å². The topological polar surface area (TPSA) is 55.1 Å². The second-order valence-electron chi connectivity index (χ2n) is 4.68. The molecule has 0 aromatic heterocycles. The second-order valence-corrected chi connectivity index (χ2v) is 4.68. The van der Waals surface area contributed by atoms with Crippen LogP contribution in [-0.2, 0) is 4.79 Å². The van der Waals surface area contributed by atoms with Crippen LogP contribution < -0.4 is 11.1 Å². The van der Waals surface area contributed by atoms with E-state index in [1.165, 1.54) is 0 Å². The molecule has 0 heterocycles. The van der Waals surface area contributed by atoms with Gasteiger partial charge in [0.15, 0.2) is 0 Å². The highest BCUT2D eigenvalue weighted by molar-refractivity contribution is 5.76.